The Morgan fingerprint density at radius 3 is 2.24 bits per heavy atom. The zero-order chi connectivity index (χ0) is 30.2. The predicted molar refractivity (Wildman–Crippen MR) is 162 cm³/mol. The molecule has 0 radical (unpaired) electrons. The van der Waals surface area contributed by atoms with Gasteiger partial charge in [-0.15, -0.1) is 0 Å². The first kappa shape index (κ1) is 31.8. The lowest BCUT2D eigenvalue weighted by molar-refractivity contribution is -0.384. The Hall–Kier alpha value is -3.77. The third kappa shape index (κ3) is 9.39. The highest BCUT2D eigenvalue weighted by Crippen LogP contribution is 2.24. The minimum Gasteiger partial charge on any atom is -0.354 e. The average Bonchev–Trinajstić information content (AvgIpc) is 2.92. The van der Waals surface area contributed by atoms with E-state index in [0.717, 1.165) is 32.2 Å². The molecule has 0 heterocycles. The minimum atomic E-state index is -4.04. The van der Waals surface area contributed by atoms with Crippen LogP contribution in [-0.2, 0) is 32.6 Å². The molecule has 3 rings (SSSR count). The van der Waals surface area contributed by atoms with Gasteiger partial charge < -0.3 is 10.2 Å². The molecule has 0 spiro atoms. The number of non-ortho nitro benzene ring substituents is 1. The third-order valence-corrected chi connectivity index (χ3v) is 7.84. The number of hydrogen-bond donors (Lipinski definition) is 1. The molecule has 41 heavy (non-hydrogen) atoms. The summed E-state index contributed by atoms with van der Waals surface area (Å²) >= 11 is 3.44. The second-order valence-corrected chi connectivity index (χ2v) is 12.9. The van der Waals surface area contributed by atoms with E-state index in [0.29, 0.717) is 6.54 Å². The third-order valence-electron chi connectivity index (χ3n) is 6.21. The number of sulfonamides is 1. The number of rotatable bonds is 13. The van der Waals surface area contributed by atoms with Gasteiger partial charge in [0.2, 0.25) is 21.8 Å². The van der Waals surface area contributed by atoms with E-state index in [9.17, 15) is 28.1 Å². The topological polar surface area (TPSA) is 130 Å². The summed E-state index contributed by atoms with van der Waals surface area (Å²) in [5, 5.41) is 14.3. The molecule has 0 aliphatic carbocycles. The van der Waals surface area contributed by atoms with E-state index in [2.05, 4.69) is 21.2 Å². The molecule has 2 amide bonds. The quantitative estimate of drug-likeness (QED) is 0.215. The van der Waals surface area contributed by atoms with Crippen molar-refractivity contribution < 1.29 is 22.9 Å². The van der Waals surface area contributed by atoms with Gasteiger partial charge in [0, 0.05) is 36.1 Å². The number of carbonyl (C=O) groups excluding carboxylic acids is 2. The number of nitro benzene ring substituents is 1. The SMILES string of the molecule is CC(C)CNC(=O)C(Cc1ccccc1)N(Cc1cccc(Br)c1)C(=O)CN(c1cccc([N+](=O)[O-])c1)S(C)(=O)=O. The molecular formula is C29H33BrN4O6S. The van der Waals surface area contributed by atoms with Gasteiger partial charge in [-0.3, -0.25) is 24.0 Å². The normalized spacial score (nSPS) is 12.0. The Labute approximate surface area is 248 Å². The lowest BCUT2D eigenvalue weighted by atomic mass is 10.0. The van der Waals surface area contributed by atoms with Gasteiger partial charge in [-0.05, 0) is 35.2 Å². The van der Waals surface area contributed by atoms with Gasteiger partial charge in [0.1, 0.15) is 12.6 Å². The van der Waals surface area contributed by atoms with Crippen molar-refractivity contribution in [3.8, 4) is 0 Å². The molecule has 0 saturated heterocycles. The molecule has 0 bridgehead atoms. The summed E-state index contributed by atoms with van der Waals surface area (Å²) in [4.78, 5) is 39.7. The first-order chi connectivity index (χ1) is 19.3. The first-order valence-electron chi connectivity index (χ1n) is 12.9. The fourth-order valence-corrected chi connectivity index (χ4v) is 5.47. The maximum Gasteiger partial charge on any atom is 0.271 e. The fourth-order valence-electron chi connectivity index (χ4n) is 4.18. The van der Waals surface area contributed by atoms with Crippen molar-refractivity contribution in [3.05, 3.63) is 105 Å². The second kappa shape index (κ2) is 14.2. The number of nitro groups is 1. The Morgan fingerprint density at radius 1 is 0.976 bits per heavy atom. The second-order valence-electron chi connectivity index (χ2n) is 10.0. The van der Waals surface area contributed by atoms with Gasteiger partial charge in [-0.2, -0.15) is 0 Å². The molecule has 1 N–H and O–H groups in total. The molecule has 3 aromatic rings. The predicted octanol–water partition coefficient (Wildman–Crippen LogP) is 4.54. The van der Waals surface area contributed by atoms with Crippen molar-refractivity contribution in [3.63, 3.8) is 0 Å². The number of amides is 2. The lowest BCUT2D eigenvalue weighted by Gasteiger charge is -2.33. The minimum absolute atomic E-state index is 0.0252. The average molecular weight is 646 g/mol. The highest BCUT2D eigenvalue weighted by molar-refractivity contribution is 9.10. The fraction of sp³-hybridized carbons (Fsp3) is 0.310. The van der Waals surface area contributed by atoms with Crippen LogP contribution in [0.15, 0.2) is 83.3 Å². The van der Waals surface area contributed by atoms with Crippen LogP contribution in [0.25, 0.3) is 0 Å². The van der Waals surface area contributed by atoms with Crippen LogP contribution < -0.4 is 9.62 Å². The Balaban J connectivity index is 2.07. The molecule has 0 saturated carbocycles. The molecular weight excluding hydrogens is 612 g/mol. The Bertz CT molecular complexity index is 1480. The van der Waals surface area contributed by atoms with Crippen LogP contribution in [0.2, 0.25) is 0 Å². The monoisotopic (exact) mass is 644 g/mol. The number of anilines is 1. The van der Waals surface area contributed by atoms with Crippen LogP contribution in [0.3, 0.4) is 0 Å². The molecule has 0 aliphatic rings. The molecule has 3 aromatic carbocycles. The summed E-state index contributed by atoms with van der Waals surface area (Å²) in [6.07, 6.45) is 1.12. The van der Waals surface area contributed by atoms with E-state index >= 15 is 0 Å². The first-order valence-corrected chi connectivity index (χ1v) is 15.6. The van der Waals surface area contributed by atoms with Gasteiger partial charge >= 0.3 is 0 Å². The molecule has 1 atom stereocenters. The van der Waals surface area contributed by atoms with Crippen molar-refractivity contribution in [1.82, 2.24) is 10.2 Å². The van der Waals surface area contributed by atoms with Gasteiger partial charge in [0.15, 0.2) is 0 Å². The van der Waals surface area contributed by atoms with Crippen LogP contribution in [0.5, 0.6) is 0 Å². The van der Waals surface area contributed by atoms with Crippen molar-refractivity contribution in [1.29, 1.82) is 0 Å². The van der Waals surface area contributed by atoms with E-state index in [1.165, 1.54) is 23.1 Å². The van der Waals surface area contributed by atoms with Crippen molar-refractivity contribution >= 4 is 49.1 Å². The number of carbonyl (C=O) groups is 2. The summed E-state index contributed by atoms with van der Waals surface area (Å²) < 4.78 is 27.3. The van der Waals surface area contributed by atoms with Gasteiger partial charge in [-0.25, -0.2) is 8.42 Å². The standard InChI is InChI=1S/C29H33BrN4O6S/c1-21(2)18-31-29(36)27(16-22-9-5-4-6-10-22)32(19-23-11-7-12-24(30)15-23)28(35)20-33(41(3,39)40)25-13-8-14-26(17-25)34(37)38/h4-15,17,21,27H,16,18-20H2,1-3H3,(H,31,36). The van der Waals surface area contributed by atoms with Gasteiger partial charge in [0.05, 0.1) is 16.9 Å². The molecule has 0 aromatic heterocycles. The Morgan fingerprint density at radius 2 is 1.63 bits per heavy atom. The van der Waals surface area contributed by atoms with Crippen LogP contribution in [0, 0.1) is 16.0 Å². The van der Waals surface area contributed by atoms with E-state index in [-0.39, 0.29) is 36.2 Å². The van der Waals surface area contributed by atoms with Crippen molar-refractivity contribution in [2.24, 2.45) is 5.92 Å². The highest BCUT2D eigenvalue weighted by atomic mass is 79.9. The molecule has 218 valence electrons. The van der Waals surface area contributed by atoms with Gasteiger partial charge in [0.25, 0.3) is 5.69 Å². The molecule has 0 fully saturated rings. The summed E-state index contributed by atoms with van der Waals surface area (Å²) in [7, 11) is -4.04. The van der Waals surface area contributed by atoms with Crippen LogP contribution in [0.1, 0.15) is 25.0 Å². The van der Waals surface area contributed by atoms with Crippen LogP contribution in [0.4, 0.5) is 11.4 Å². The maximum atomic E-state index is 14.1. The number of benzene rings is 3. The highest BCUT2D eigenvalue weighted by Gasteiger charge is 2.33. The van der Waals surface area contributed by atoms with E-state index in [1.807, 2.05) is 62.4 Å². The summed E-state index contributed by atoms with van der Waals surface area (Å²) in [5.41, 5.74) is 1.21. The zero-order valence-corrected chi connectivity index (χ0v) is 25.5. The van der Waals surface area contributed by atoms with E-state index < -0.39 is 33.4 Å². The maximum absolute atomic E-state index is 14.1. The number of nitrogens with one attached hydrogen (secondary N) is 1. The Kier molecular flexibility index (Phi) is 11.0. The molecule has 10 nitrogen and oxygen atoms in total. The van der Waals surface area contributed by atoms with Crippen LogP contribution in [-0.4, -0.2) is 55.4 Å². The van der Waals surface area contributed by atoms with Crippen LogP contribution >= 0.6 is 15.9 Å². The molecule has 0 aliphatic heterocycles. The molecule has 1 unspecified atom stereocenters. The van der Waals surface area contributed by atoms with Gasteiger partial charge in [-0.1, -0.05) is 78.3 Å². The van der Waals surface area contributed by atoms with E-state index in [4.69, 9.17) is 0 Å². The number of hydrogen-bond acceptors (Lipinski definition) is 6. The smallest absolute Gasteiger partial charge is 0.271 e. The van der Waals surface area contributed by atoms with Crippen molar-refractivity contribution in [2.45, 2.75) is 32.9 Å². The summed E-state index contributed by atoms with van der Waals surface area (Å²) in [6, 6.07) is 20.6. The summed E-state index contributed by atoms with van der Waals surface area (Å²) in [6.45, 7) is 3.68. The molecule has 12 heteroatoms. The lowest BCUT2D eigenvalue weighted by Crippen LogP contribution is -2.53. The van der Waals surface area contributed by atoms with E-state index in [1.54, 1.807) is 6.07 Å². The number of nitrogens with zero attached hydrogens (tertiary/aromatic N) is 3. The zero-order valence-electron chi connectivity index (χ0n) is 23.1. The summed E-state index contributed by atoms with van der Waals surface area (Å²) in [5.74, 6) is -0.838. The van der Waals surface area contributed by atoms with Crippen molar-refractivity contribution in [2.75, 3.05) is 23.7 Å². The number of halogens is 1. The largest absolute Gasteiger partial charge is 0.354 e.